The van der Waals surface area contributed by atoms with Crippen molar-refractivity contribution in [3.05, 3.63) is 95.1 Å². The second kappa shape index (κ2) is 10.6. The van der Waals surface area contributed by atoms with Crippen LogP contribution in [0.4, 0.5) is 11.4 Å². The molecule has 5 rings (SSSR count). The Morgan fingerprint density at radius 2 is 1.00 bits per heavy atom. The van der Waals surface area contributed by atoms with Gasteiger partial charge in [-0.05, 0) is 42.4 Å². The van der Waals surface area contributed by atoms with Gasteiger partial charge in [0.25, 0.3) is 0 Å². The molecular formula is C26H30N4. The van der Waals surface area contributed by atoms with Gasteiger partial charge in [-0.1, -0.05) is 66.7 Å². The lowest BCUT2D eigenvalue weighted by Crippen LogP contribution is -2.03. The lowest BCUT2D eigenvalue weighted by Gasteiger charge is -2.02. The minimum Gasteiger partial charge on any atom is -0.333 e. The molecule has 4 nitrogen and oxygen atoms in total. The van der Waals surface area contributed by atoms with E-state index in [1.165, 1.54) is 47.8 Å². The topological polar surface area (TPSA) is 76.8 Å². The first-order valence-corrected chi connectivity index (χ1v) is 10.4. The van der Waals surface area contributed by atoms with E-state index in [9.17, 15) is 0 Å². The van der Waals surface area contributed by atoms with Crippen molar-refractivity contribution in [2.24, 2.45) is 21.5 Å². The predicted molar refractivity (Wildman–Crippen MR) is 129 cm³/mol. The summed E-state index contributed by atoms with van der Waals surface area (Å²) in [5.41, 5.74) is 19.1. The second-order valence-electron chi connectivity index (χ2n) is 7.14. The summed E-state index contributed by atoms with van der Waals surface area (Å²) >= 11 is 0. The Labute approximate surface area is 179 Å². The molecule has 4 heteroatoms. The highest BCUT2D eigenvalue weighted by atomic mass is 14.8. The number of hydrogen-bond donors (Lipinski definition) is 2. The average molecular weight is 399 g/mol. The maximum Gasteiger partial charge on any atom is 0.0686 e. The number of nitrogens with zero attached hydrogens (tertiary/aromatic N) is 2. The molecule has 0 atom stereocenters. The molecule has 0 radical (unpaired) electrons. The van der Waals surface area contributed by atoms with E-state index in [1.807, 2.05) is 0 Å². The molecule has 2 aliphatic heterocycles. The second-order valence-corrected chi connectivity index (χ2v) is 7.14. The first kappa shape index (κ1) is 21.6. The summed E-state index contributed by atoms with van der Waals surface area (Å²) < 4.78 is 0. The van der Waals surface area contributed by atoms with Gasteiger partial charge in [-0.3, -0.25) is 9.98 Å². The molecule has 2 aliphatic rings. The Morgan fingerprint density at radius 3 is 1.40 bits per heavy atom. The molecular weight excluding hydrogens is 368 g/mol. The Morgan fingerprint density at radius 1 is 0.600 bits per heavy atom. The van der Waals surface area contributed by atoms with Gasteiger partial charge in [-0.15, -0.1) is 0 Å². The number of fused-ring (bicyclic) bond motifs is 2. The van der Waals surface area contributed by atoms with Crippen molar-refractivity contribution in [2.45, 2.75) is 25.7 Å². The highest BCUT2D eigenvalue weighted by Gasteiger charge is 2.21. The summed E-state index contributed by atoms with van der Waals surface area (Å²) in [4.78, 5) is 9.76. The molecule has 3 aromatic carbocycles. The molecule has 154 valence electrons. The van der Waals surface area contributed by atoms with Crippen molar-refractivity contribution in [3.63, 3.8) is 0 Å². The number of hydrogen-bond acceptors (Lipinski definition) is 4. The van der Waals surface area contributed by atoms with Gasteiger partial charge in [-0.2, -0.15) is 0 Å². The SMILES string of the molecule is CN.CN.c1ccc(CC2=Nc3cc4c(cc3C2)CC(Cc2ccccc2)=N4)cc1. The number of benzene rings is 3. The van der Waals surface area contributed by atoms with Gasteiger partial charge in [0, 0.05) is 37.1 Å². The third-order valence-electron chi connectivity index (χ3n) is 5.13. The summed E-state index contributed by atoms with van der Waals surface area (Å²) in [6, 6.07) is 25.7. The molecule has 0 fully saturated rings. The molecule has 0 bridgehead atoms. The van der Waals surface area contributed by atoms with Crippen LogP contribution in [0.2, 0.25) is 0 Å². The maximum atomic E-state index is 4.88. The Kier molecular flexibility index (Phi) is 7.66. The van der Waals surface area contributed by atoms with E-state index in [0.717, 1.165) is 37.1 Å². The van der Waals surface area contributed by atoms with Crippen molar-refractivity contribution >= 4 is 22.8 Å². The molecule has 0 unspecified atom stereocenters. The summed E-state index contributed by atoms with van der Waals surface area (Å²) in [5.74, 6) is 0. The van der Waals surface area contributed by atoms with Crippen LogP contribution in [-0.2, 0) is 25.7 Å². The first-order valence-electron chi connectivity index (χ1n) is 10.4. The lowest BCUT2D eigenvalue weighted by molar-refractivity contribution is 1.24. The van der Waals surface area contributed by atoms with Crippen molar-refractivity contribution < 1.29 is 0 Å². The molecule has 0 aromatic heterocycles. The van der Waals surface area contributed by atoms with E-state index in [1.54, 1.807) is 0 Å². The molecule has 0 aliphatic carbocycles. The number of rotatable bonds is 4. The normalized spacial score (nSPS) is 13.1. The molecule has 2 heterocycles. The molecule has 0 saturated carbocycles. The largest absolute Gasteiger partial charge is 0.333 e. The zero-order valence-electron chi connectivity index (χ0n) is 17.8. The van der Waals surface area contributed by atoms with E-state index in [-0.39, 0.29) is 0 Å². The van der Waals surface area contributed by atoms with Crippen LogP contribution >= 0.6 is 0 Å². The van der Waals surface area contributed by atoms with Crippen molar-refractivity contribution in [1.29, 1.82) is 0 Å². The van der Waals surface area contributed by atoms with Gasteiger partial charge < -0.3 is 11.5 Å². The van der Waals surface area contributed by atoms with E-state index < -0.39 is 0 Å². The fraction of sp³-hybridized carbons (Fsp3) is 0.231. The van der Waals surface area contributed by atoms with E-state index in [4.69, 9.17) is 9.98 Å². The standard InChI is InChI=1S/C24H20N2.2CH5N/c1-3-7-17(8-4-1)11-21-14-19-13-20-15-22(12-18-9-5-2-6-10-18)26-24(20)16-23(19)25-21;2*1-2/h1-10,13,16H,11-12,14-15H2;2*2H2,1H3. The van der Waals surface area contributed by atoms with Crippen LogP contribution in [0.1, 0.15) is 22.3 Å². The molecule has 0 saturated heterocycles. The van der Waals surface area contributed by atoms with E-state index in [2.05, 4.69) is 84.3 Å². The van der Waals surface area contributed by atoms with Crippen LogP contribution in [0.25, 0.3) is 0 Å². The molecule has 0 spiro atoms. The van der Waals surface area contributed by atoms with Gasteiger partial charge in [0.15, 0.2) is 0 Å². The highest BCUT2D eigenvalue weighted by Crippen LogP contribution is 2.37. The number of nitrogens with two attached hydrogens (primary N) is 2. The third kappa shape index (κ3) is 5.09. The summed E-state index contributed by atoms with van der Waals surface area (Å²) in [6.45, 7) is 0. The minimum absolute atomic E-state index is 0.933. The van der Waals surface area contributed by atoms with Gasteiger partial charge in [0.05, 0.1) is 11.4 Å². The highest BCUT2D eigenvalue weighted by molar-refractivity contribution is 5.99. The predicted octanol–water partition coefficient (Wildman–Crippen LogP) is 4.58. The molecule has 0 amide bonds. The minimum atomic E-state index is 0.933. The van der Waals surface area contributed by atoms with E-state index in [0.29, 0.717) is 0 Å². The molecule has 30 heavy (non-hydrogen) atoms. The third-order valence-corrected chi connectivity index (χ3v) is 5.13. The van der Waals surface area contributed by atoms with Gasteiger partial charge in [-0.25, -0.2) is 0 Å². The fourth-order valence-electron chi connectivity index (χ4n) is 3.89. The monoisotopic (exact) mass is 398 g/mol. The van der Waals surface area contributed by atoms with Crippen LogP contribution in [0.15, 0.2) is 82.8 Å². The fourth-order valence-corrected chi connectivity index (χ4v) is 3.89. The quantitative estimate of drug-likeness (QED) is 0.675. The van der Waals surface area contributed by atoms with Crippen LogP contribution in [-0.4, -0.2) is 25.5 Å². The zero-order chi connectivity index (χ0) is 21.3. The lowest BCUT2D eigenvalue weighted by atomic mass is 9.99. The summed E-state index contributed by atoms with van der Waals surface area (Å²) in [6.07, 6.45) is 3.79. The number of aliphatic imine (C=N–C) groups is 2. The van der Waals surface area contributed by atoms with Crippen molar-refractivity contribution in [1.82, 2.24) is 0 Å². The van der Waals surface area contributed by atoms with Crippen LogP contribution in [0.5, 0.6) is 0 Å². The van der Waals surface area contributed by atoms with Gasteiger partial charge >= 0.3 is 0 Å². The summed E-state index contributed by atoms with van der Waals surface area (Å²) in [7, 11) is 3.00. The zero-order valence-corrected chi connectivity index (χ0v) is 17.8. The van der Waals surface area contributed by atoms with Gasteiger partial charge in [0.1, 0.15) is 0 Å². The Balaban J connectivity index is 0.000000606. The molecule has 4 N–H and O–H groups in total. The summed E-state index contributed by atoms with van der Waals surface area (Å²) in [5, 5.41) is 0. The van der Waals surface area contributed by atoms with Crippen LogP contribution < -0.4 is 11.5 Å². The van der Waals surface area contributed by atoms with Crippen LogP contribution in [0, 0.1) is 0 Å². The Hall–Kier alpha value is -3.08. The van der Waals surface area contributed by atoms with Crippen molar-refractivity contribution in [2.75, 3.05) is 14.1 Å². The van der Waals surface area contributed by atoms with Crippen molar-refractivity contribution in [3.8, 4) is 0 Å². The smallest absolute Gasteiger partial charge is 0.0686 e. The van der Waals surface area contributed by atoms with Crippen LogP contribution in [0.3, 0.4) is 0 Å². The average Bonchev–Trinajstić information content (AvgIpc) is 3.37. The Bertz CT molecular complexity index is 941. The molecule has 3 aromatic rings. The van der Waals surface area contributed by atoms with Gasteiger partial charge in [0.2, 0.25) is 0 Å². The van der Waals surface area contributed by atoms with E-state index >= 15 is 0 Å². The maximum absolute atomic E-state index is 4.88. The first-order chi connectivity index (χ1) is 14.8.